The molecule has 5 N–H and O–H groups in total. The molecule has 4 aromatic carbocycles. The van der Waals surface area contributed by atoms with Gasteiger partial charge in [-0.3, -0.25) is 9.59 Å². The summed E-state index contributed by atoms with van der Waals surface area (Å²) < 4.78 is 5.04. The maximum absolute atomic E-state index is 11.7. The molecular weight excluding hydrogens is 568 g/mol. The Morgan fingerprint density at radius 3 is 1.53 bits per heavy atom. The smallest absolute Gasteiger partial charge is 0.244 e. The largest absolute Gasteiger partial charge is 0.504 e. The molecule has 8 heteroatoms. The van der Waals surface area contributed by atoms with Crippen molar-refractivity contribution in [1.82, 2.24) is 10.6 Å². The highest BCUT2D eigenvalue weighted by molar-refractivity contribution is 5.88. The van der Waals surface area contributed by atoms with E-state index < -0.39 is 0 Å². The van der Waals surface area contributed by atoms with Gasteiger partial charge in [-0.2, -0.15) is 0 Å². The summed E-state index contributed by atoms with van der Waals surface area (Å²) in [6, 6.07) is 29.0. The molecule has 4 rings (SSSR count). The molecule has 230 valence electrons. The van der Waals surface area contributed by atoms with Gasteiger partial charge in [-0.1, -0.05) is 109 Å². The fraction of sp³-hybridized carbons (Fsp3) is 0.0811. The second-order valence-corrected chi connectivity index (χ2v) is 9.52. The Morgan fingerprint density at radius 2 is 1.07 bits per heavy atom. The molecule has 0 aliphatic rings. The Hall–Kier alpha value is -6.02. The van der Waals surface area contributed by atoms with Gasteiger partial charge in [-0.25, -0.2) is 0 Å². The van der Waals surface area contributed by atoms with E-state index in [0.29, 0.717) is 18.8 Å². The Morgan fingerprint density at radius 1 is 0.600 bits per heavy atom. The Bertz CT molecular complexity index is 1640. The summed E-state index contributed by atoms with van der Waals surface area (Å²) >= 11 is 0. The lowest BCUT2D eigenvalue weighted by Crippen LogP contribution is -2.20. The molecule has 0 fully saturated rings. The van der Waals surface area contributed by atoms with E-state index in [1.165, 1.54) is 31.4 Å². The van der Waals surface area contributed by atoms with Crippen molar-refractivity contribution in [3.05, 3.63) is 156 Å². The molecule has 0 spiro atoms. The number of nitrogens with one attached hydrogen (secondary N) is 2. The van der Waals surface area contributed by atoms with Gasteiger partial charge in [0.2, 0.25) is 11.8 Å². The molecule has 4 aromatic rings. The number of hydrogen-bond donors (Lipinski definition) is 5. The fourth-order valence-electron chi connectivity index (χ4n) is 3.75. The number of carbonyl (C=O) groups is 2. The minimum absolute atomic E-state index is 0.0977. The average molecular weight is 605 g/mol. The van der Waals surface area contributed by atoms with Gasteiger partial charge in [-0.15, -0.1) is 0 Å². The number of phenolic OH excluding ortho intramolecular Hbond substituents is 3. The van der Waals surface area contributed by atoms with Crippen LogP contribution in [-0.4, -0.2) is 34.2 Å². The first kappa shape index (κ1) is 33.5. The summed E-state index contributed by atoms with van der Waals surface area (Å²) in [4.78, 5) is 23.3. The number of benzene rings is 4. The summed E-state index contributed by atoms with van der Waals surface area (Å²) in [5, 5.41) is 33.7. The third-order valence-corrected chi connectivity index (χ3v) is 6.12. The van der Waals surface area contributed by atoms with Gasteiger partial charge in [0, 0.05) is 25.2 Å². The van der Waals surface area contributed by atoms with Gasteiger partial charge in [0.1, 0.15) is 0 Å². The normalized spacial score (nSPS) is 11.0. The van der Waals surface area contributed by atoms with Crippen molar-refractivity contribution in [1.29, 1.82) is 0 Å². The molecule has 0 aromatic heterocycles. The molecule has 0 saturated carbocycles. The topological polar surface area (TPSA) is 128 Å². The molecular formula is C37H36N2O6. The SMILES string of the molecule is COc1cc(/C=C/C=C/C(=O)NCc2ccccc2)ccc1O.O=C(/C=C/C=C/c1ccc(O)c(O)c1)NCc1ccccc1. The summed E-state index contributed by atoms with van der Waals surface area (Å²) in [5.41, 5.74) is 3.69. The van der Waals surface area contributed by atoms with Crippen molar-refractivity contribution in [3.8, 4) is 23.0 Å². The van der Waals surface area contributed by atoms with Gasteiger partial charge in [0.25, 0.3) is 0 Å². The van der Waals surface area contributed by atoms with E-state index in [0.717, 1.165) is 22.3 Å². The molecule has 2 amide bonds. The average Bonchev–Trinajstić information content (AvgIpc) is 3.06. The number of carbonyl (C=O) groups excluding carboxylic acids is 2. The molecule has 0 unspecified atom stereocenters. The van der Waals surface area contributed by atoms with Crippen molar-refractivity contribution in [2.75, 3.05) is 7.11 Å². The highest BCUT2D eigenvalue weighted by Gasteiger charge is 2.00. The second kappa shape index (κ2) is 18.5. The number of aromatic hydroxyl groups is 3. The van der Waals surface area contributed by atoms with Gasteiger partial charge in [0.05, 0.1) is 7.11 Å². The van der Waals surface area contributed by atoms with E-state index in [-0.39, 0.29) is 29.1 Å². The Labute approximate surface area is 263 Å². The minimum Gasteiger partial charge on any atom is -0.504 e. The molecule has 0 bridgehead atoms. The van der Waals surface area contributed by atoms with Crippen LogP contribution >= 0.6 is 0 Å². The van der Waals surface area contributed by atoms with Crippen LogP contribution in [0.1, 0.15) is 22.3 Å². The lowest BCUT2D eigenvalue weighted by atomic mass is 10.2. The number of allylic oxidation sites excluding steroid dienone is 4. The van der Waals surface area contributed by atoms with Crippen LogP contribution in [-0.2, 0) is 22.7 Å². The standard InChI is InChI=1S/C19H19NO3.C18H17NO3/c1-23-18-13-15(11-12-17(18)21)7-5-6-10-19(22)20-14-16-8-3-2-4-9-16;20-16-11-10-14(12-17(16)21)6-4-5-9-18(22)19-13-15-7-2-1-3-8-15/h2-13,21H,14H2,1H3,(H,20,22);1-12,20-21H,13H2,(H,19,22)/b7-5+,10-6+;6-4+,9-5+. The molecule has 8 nitrogen and oxygen atoms in total. The van der Waals surface area contributed by atoms with Crippen LogP contribution in [0, 0.1) is 0 Å². The number of methoxy groups -OCH3 is 1. The van der Waals surface area contributed by atoms with Gasteiger partial charge in [0.15, 0.2) is 23.0 Å². The van der Waals surface area contributed by atoms with E-state index in [1.54, 1.807) is 54.6 Å². The number of hydrogen-bond acceptors (Lipinski definition) is 6. The Balaban J connectivity index is 0.000000246. The van der Waals surface area contributed by atoms with Crippen LogP contribution in [0.3, 0.4) is 0 Å². The monoisotopic (exact) mass is 604 g/mol. The third-order valence-electron chi connectivity index (χ3n) is 6.12. The molecule has 0 heterocycles. The Kier molecular flexibility index (Phi) is 13.8. The van der Waals surface area contributed by atoms with E-state index >= 15 is 0 Å². The summed E-state index contributed by atoms with van der Waals surface area (Å²) in [7, 11) is 1.50. The van der Waals surface area contributed by atoms with Crippen LogP contribution in [0.15, 0.2) is 134 Å². The van der Waals surface area contributed by atoms with Crippen molar-refractivity contribution < 1.29 is 29.6 Å². The molecule has 45 heavy (non-hydrogen) atoms. The van der Waals surface area contributed by atoms with Crippen molar-refractivity contribution >= 4 is 24.0 Å². The van der Waals surface area contributed by atoms with Crippen LogP contribution < -0.4 is 15.4 Å². The summed E-state index contributed by atoms with van der Waals surface area (Å²) in [6.45, 7) is 0.989. The number of ether oxygens (including phenoxy) is 1. The molecule has 0 saturated heterocycles. The maximum atomic E-state index is 11.7. The lowest BCUT2D eigenvalue weighted by molar-refractivity contribution is -0.117. The molecule has 0 aliphatic heterocycles. The van der Waals surface area contributed by atoms with Gasteiger partial charge in [-0.05, 0) is 46.5 Å². The highest BCUT2D eigenvalue weighted by atomic mass is 16.5. The lowest BCUT2D eigenvalue weighted by Gasteiger charge is -2.03. The highest BCUT2D eigenvalue weighted by Crippen LogP contribution is 2.27. The summed E-state index contributed by atoms with van der Waals surface area (Å²) in [5.74, 6) is -0.152. The van der Waals surface area contributed by atoms with E-state index in [2.05, 4.69) is 10.6 Å². The number of phenols is 3. The number of rotatable bonds is 11. The first-order chi connectivity index (χ1) is 21.8. The molecule has 0 radical (unpaired) electrons. The third kappa shape index (κ3) is 12.8. The first-order valence-electron chi connectivity index (χ1n) is 14.1. The van der Waals surface area contributed by atoms with E-state index in [4.69, 9.17) is 4.74 Å². The van der Waals surface area contributed by atoms with Crippen LogP contribution in [0.2, 0.25) is 0 Å². The van der Waals surface area contributed by atoms with Crippen molar-refractivity contribution in [2.45, 2.75) is 13.1 Å². The molecule has 0 aliphatic carbocycles. The van der Waals surface area contributed by atoms with Gasteiger partial charge >= 0.3 is 0 Å². The number of amides is 2. The zero-order valence-electron chi connectivity index (χ0n) is 24.8. The maximum Gasteiger partial charge on any atom is 0.244 e. The predicted molar refractivity (Wildman–Crippen MR) is 177 cm³/mol. The van der Waals surface area contributed by atoms with Crippen molar-refractivity contribution in [3.63, 3.8) is 0 Å². The quantitative estimate of drug-likeness (QED) is 0.0780. The fourth-order valence-corrected chi connectivity index (χ4v) is 3.75. The zero-order valence-corrected chi connectivity index (χ0v) is 24.8. The van der Waals surface area contributed by atoms with E-state index in [1.807, 2.05) is 66.7 Å². The summed E-state index contributed by atoms with van der Waals surface area (Å²) in [6.07, 6.45) is 13.2. The minimum atomic E-state index is -0.179. The molecule has 0 atom stereocenters. The van der Waals surface area contributed by atoms with Crippen molar-refractivity contribution in [2.24, 2.45) is 0 Å². The zero-order chi connectivity index (χ0) is 32.3. The van der Waals surface area contributed by atoms with Crippen LogP contribution in [0.5, 0.6) is 23.0 Å². The van der Waals surface area contributed by atoms with E-state index in [9.17, 15) is 24.9 Å². The predicted octanol–water partition coefficient (Wildman–Crippen LogP) is 6.27. The van der Waals surface area contributed by atoms with Crippen LogP contribution in [0.4, 0.5) is 0 Å². The van der Waals surface area contributed by atoms with Crippen LogP contribution in [0.25, 0.3) is 12.2 Å². The first-order valence-corrected chi connectivity index (χ1v) is 14.1. The second-order valence-electron chi connectivity index (χ2n) is 9.52. The van der Waals surface area contributed by atoms with Gasteiger partial charge < -0.3 is 30.7 Å².